The lowest BCUT2D eigenvalue weighted by Crippen LogP contribution is -1.85. The van der Waals surface area contributed by atoms with E-state index in [0.29, 0.717) is 11.7 Å². The molecule has 0 amide bonds. The maximum absolute atomic E-state index is 9.28. The summed E-state index contributed by atoms with van der Waals surface area (Å²) in [6, 6.07) is 7.44. The smallest absolute Gasteiger partial charge is 0.300 e. The number of aliphatic carboxylic acids is 1. The molecule has 0 atom stereocenters. The van der Waals surface area contributed by atoms with E-state index in [-0.39, 0.29) is 0 Å². The topological polar surface area (TPSA) is 57.5 Å². The molecule has 0 radical (unpaired) electrons. The molecule has 0 unspecified atom stereocenters. The maximum atomic E-state index is 9.28. The fraction of sp³-hybridized carbons (Fsp3) is 0.364. The summed E-state index contributed by atoms with van der Waals surface area (Å²) < 4.78 is 0. The van der Waals surface area contributed by atoms with E-state index in [1.165, 1.54) is 0 Å². The van der Waals surface area contributed by atoms with Gasteiger partial charge in [0.2, 0.25) is 0 Å². The third-order valence-corrected chi connectivity index (χ3v) is 1.56. The van der Waals surface area contributed by atoms with Gasteiger partial charge in [-0.1, -0.05) is 32.0 Å². The van der Waals surface area contributed by atoms with Gasteiger partial charge in [0, 0.05) is 6.92 Å². The normalized spacial score (nSPS) is 9.14. The molecule has 0 heterocycles. The molecule has 0 spiro atoms. The Morgan fingerprint density at radius 1 is 1.29 bits per heavy atom. The van der Waals surface area contributed by atoms with Gasteiger partial charge in [0.1, 0.15) is 5.75 Å². The summed E-state index contributed by atoms with van der Waals surface area (Å²) in [5, 5.41) is 16.7. The van der Waals surface area contributed by atoms with Gasteiger partial charge in [-0.25, -0.2) is 0 Å². The highest BCUT2D eigenvalue weighted by atomic mass is 16.4. The van der Waals surface area contributed by atoms with E-state index in [0.717, 1.165) is 12.5 Å². The second kappa shape index (κ2) is 6.02. The number of phenolic OH excluding ortho intramolecular Hbond substituents is 1. The summed E-state index contributed by atoms with van der Waals surface area (Å²) >= 11 is 0. The summed E-state index contributed by atoms with van der Waals surface area (Å²) in [5.41, 5.74) is 1.02. The zero-order valence-electron chi connectivity index (χ0n) is 8.69. The number of phenols is 1. The molecular formula is C11H16O3. The van der Waals surface area contributed by atoms with Crippen LogP contribution >= 0.6 is 0 Å². The fourth-order valence-corrected chi connectivity index (χ4v) is 0.976. The molecule has 3 heteroatoms. The second-order valence-corrected chi connectivity index (χ2v) is 3.23. The van der Waals surface area contributed by atoms with Gasteiger partial charge in [0.25, 0.3) is 5.97 Å². The van der Waals surface area contributed by atoms with Crippen LogP contribution in [0.1, 0.15) is 32.3 Å². The summed E-state index contributed by atoms with van der Waals surface area (Å²) in [7, 11) is 0. The molecule has 1 rings (SSSR count). The van der Waals surface area contributed by atoms with Crippen LogP contribution in [0.5, 0.6) is 5.75 Å². The highest BCUT2D eigenvalue weighted by Gasteiger charge is 2.01. The first-order valence-corrected chi connectivity index (χ1v) is 4.42. The lowest BCUT2D eigenvalue weighted by Gasteiger charge is -2.05. The molecule has 0 aliphatic carbocycles. The summed E-state index contributed by atoms with van der Waals surface area (Å²) in [5.74, 6) is -0.0290. The van der Waals surface area contributed by atoms with Crippen LogP contribution in [0.25, 0.3) is 0 Å². The summed E-state index contributed by atoms with van der Waals surface area (Å²) in [6.45, 7) is 5.21. The number of hydrogen-bond donors (Lipinski definition) is 2. The largest absolute Gasteiger partial charge is 0.508 e. The Morgan fingerprint density at radius 3 is 2.00 bits per heavy atom. The highest BCUT2D eigenvalue weighted by molar-refractivity contribution is 5.62. The van der Waals surface area contributed by atoms with E-state index in [4.69, 9.17) is 9.90 Å². The molecule has 0 aliphatic heterocycles. The first kappa shape index (κ1) is 12.5. The molecule has 1 aromatic rings. The van der Waals surface area contributed by atoms with E-state index in [1.54, 1.807) is 6.07 Å². The Bertz CT molecular complexity index is 288. The molecule has 0 fully saturated rings. The van der Waals surface area contributed by atoms with Crippen molar-refractivity contribution >= 4 is 5.97 Å². The van der Waals surface area contributed by atoms with Gasteiger partial charge in [0.15, 0.2) is 0 Å². The minimum atomic E-state index is -0.833. The lowest BCUT2D eigenvalue weighted by atomic mass is 10.0. The number of carboxylic acid groups (broad SMARTS) is 1. The minimum absolute atomic E-state index is 0.400. The maximum Gasteiger partial charge on any atom is 0.300 e. The molecule has 0 aromatic heterocycles. The number of aromatic hydroxyl groups is 1. The van der Waals surface area contributed by atoms with Crippen LogP contribution in [0.15, 0.2) is 24.3 Å². The fourth-order valence-electron chi connectivity index (χ4n) is 0.976. The van der Waals surface area contributed by atoms with Gasteiger partial charge in [-0.2, -0.15) is 0 Å². The molecule has 0 saturated heterocycles. The number of benzene rings is 1. The Hall–Kier alpha value is -1.51. The van der Waals surface area contributed by atoms with E-state index in [1.807, 2.05) is 18.2 Å². The first-order chi connectivity index (χ1) is 6.45. The van der Waals surface area contributed by atoms with Crippen molar-refractivity contribution in [3.8, 4) is 5.75 Å². The molecule has 0 saturated carbocycles. The van der Waals surface area contributed by atoms with Crippen LogP contribution < -0.4 is 0 Å². The Kier molecular flexibility index (Phi) is 5.37. The minimum Gasteiger partial charge on any atom is -0.508 e. The van der Waals surface area contributed by atoms with Crippen LogP contribution in [0.3, 0.4) is 0 Å². The van der Waals surface area contributed by atoms with Crippen LogP contribution in [-0.2, 0) is 4.79 Å². The number of carbonyl (C=O) groups is 1. The lowest BCUT2D eigenvalue weighted by molar-refractivity contribution is -0.134. The molecule has 14 heavy (non-hydrogen) atoms. The van der Waals surface area contributed by atoms with Gasteiger partial charge in [0.05, 0.1) is 0 Å². The molecule has 78 valence electrons. The third-order valence-electron chi connectivity index (χ3n) is 1.56. The molecular weight excluding hydrogens is 180 g/mol. The van der Waals surface area contributed by atoms with E-state index >= 15 is 0 Å². The van der Waals surface area contributed by atoms with Gasteiger partial charge < -0.3 is 10.2 Å². The van der Waals surface area contributed by atoms with Crippen LogP contribution in [0.2, 0.25) is 0 Å². The van der Waals surface area contributed by atoms with Crippen molar-refractivity contribution < 1.29 is 15.0 Å². The zero-order chi connectivity index (χ0) is 11.1. The van der Waals surface area contributed by atoms with Crippen LogP contribution in [0.4, 0.5) is 0 Å². The van der Waals surface area contributed by atoms with Crippen molar-refractivity contribution in [3.63, 3.8) is 0 Å². The molecule has 3 nitrogen and oxygen atoms in total. The van der Waals surface area contributed by atoms with Gasteiger partial charge in [-0.3, -0.25) is 4.79 Å². The first-order valence-electron chi connectivity index (χ1n) is 4.42. The van der Waals surface area contributed by atoms with Gasteiger partial charge >= 0.3 is 0 Å². The average Bonchev–Trinajstić information content (AvgIpc) is 2.03. The van der Waals surface area contributed by atoms with E-state index in [2.05, 4.69) is 13.8 Å². The van der Waals surface area contributed by atoms with Crippen LogP contribution in [0, 0.1) is 0 Å². The van der Waals surface area contributed by atoms with Crippen molar-refractivity contribution in [2.75, 3.05) is 0 Å². The summed E-state index contributed by atoms with van der Waals surface area (Å²) in [6.07, 6.45) is 0. The van der Waals surface area contributed by atoms with Crippen molar-refractivity contribution in [1.82, 2.24) is 0 Å². The van der Waals surface area contributed by atoms with Crippen molar-refractivity contribution in [3.05, 3.63) is 29.8 Å². The predicted octanol–water partition coefficient (Wildman–Crippen LogP) is 2.61. The van der Waals surface area contributed by atoms with Crippen molar-refractivity contribution in [2.24, 2.45) is 0 Å². The number of carboxylic acids is 1. The standard InChI is InChI=1S/C9H12O.C2H4O2/c1-7(2)8-5-3-4-6-9(8)10;1-2(3)4/h3-7,10H,1-2H3;1H3,(H,3,4). The van der Waals surface area contributed by atoms with Crippen molar-refractivity contribution in [1.29, 1.82) is 0 Å². The van der Waals surface area contributed by atoms with Crippen LogP contribution in [-0.4, -0.2) is 16.2 Å². The zero-order valence-corrected chi connectivity index (χ0v) is 8.69. The average molecular weight is 196 g/mol. The van der Waals surface area contributed by atoms with E-state index < -0.39 is 5.97 Å². The molecule has 0 bridgehead atoms. The monoisotopic (exact) mass is 196 g/mol. The number of para-hydroxylation sites is 1. The highest BCUT2D eigenvalue weighted by Crippen LogP contribution is 2.23. The SMILES string of the molecule is CC(=O)O.CC(C)c1ccccc1O. The number of rotatable bonds is 1. The second-order valence-electron chi connectivity index (χ2n) is 3.23. The van der Waals surface area contributed by atoms with Gasteiger partial charge in [-0.15, -0.1) is 0 Å². The Labute approximate surface area is 84.0 Å². The molecule has 1 aromatic carbocycles. The summed E-state index contributed by atoms with van der Waals surface area (Å²) in [4.78, 5) is 9.00. The number of hydrogen-bond acceptors (Lipinski definition) is 2. The van der Waals surface area contributed by atoms with E-state index in [9.17, 15) is 5.11 Å². The van der Waals surface area contributed by atoms with Crippen molar-refractivity contribution in [2.45, 2.75) is 26.7 Å². The molecule has 2 N–H and O–H groups in total. The Morgan fingerprint density at radius 2 is 1.71 bits per heavy atom. The third kappa shape index (κ3) is 5.19. The predicted molar refractivity (Wildman–Crippen MR) is 55.5 cm³/mol. The van der Waals surface area contributed by atoms with Gasteiger partial charge in [-0.05, 0) is 17.5 Å². The Balaban J connectivity index is 0.000000364. The molecule has 0 aliphatic rings. The quantitative estimate of drug-likeness (QED) is 0.725.